The molecule has 1 aliphatic heterocycles. The second-order valence-corrected chi connectivity index (χ2v) is 8.14. The van der Waals surface area contributed by atoms with Gasteiger partial charge in [-0.2, -0.15) is 0 Å². The monoisotopic (exact) mass is 334 g/mol. The van der Waals surface area contributed by atoms with Gasteiger partial charge < -0.3 is 14.2 Å². The minimum Gasteiger partial charge on any atom is -0.465 e. The largest absolute Gasteiger partial charge is 0.465 e. The molecular formula is C21H34O3. The van der Waals surface area contributed by atoms with Gasteiger partial charge in [0, 0.05) is 19.6 Å². The first-order valence-electron chi connectivity index (χ1n) is 9.37. The van der Waals surface area contributed by atoms with Gasteiger partial charge in [-0.25, -0.2) is 0 Å². The molecule has 0 N–H and O–H groups in total. The third kappa shape index (κ3) is 6.45. The van der Waals surface area contributed by atoms with Gasteiger partial charge in [0.05, 0.1) is 6.10 Å². The topological polar surface area (TPSA) is 27.7 Å². The summed E-state index contributed by atoms with van der Waals surface area (Å²) >= 11 is 0. The van der Waals surface area contributed by atoms with Crippen molar-refractivity contribution in [1.82, 2.24) is 0 Å². The molecule has 0 aliphatic carbocycles. The summed E-state index contributed by atoms with van der Waals surface area (Å²) in [7, 11) is 0. The Morgan fingerprint density at radius 1 is 1.12 bits per heavy atom. The number of ether oxygens (including phenoxy) is 3. The summed E-state index contributed by atoms with van der Waals surface area (Å²) < 4.78 is 17.9. The molecular weight excluding hydrogens is 300 g/mol. The average molecular weight is 335 g/mol. The minimum atomic E-state index is -0.206. The van der Waals surface area contributed by atoms with Crippen molar-refractivity contribution in [3.8, 4) is 5.75 Å². The fourth-order valence-corrected chi connectivity index (χ4v) is 2.91. The molecule has 0 amide bonds. The molecule has 3 heteroatoms. The summed E-state index contributed by atoms with van der Waals surface area (Å²) in [5.41, 5.74) is 1.52. The standard InChI is InChI=1S/C21H34O3/c1-6-16(2)17-7-9-18(10-8-17)23-20(15-21(3,4)5)24-19-11-13-22-14-12-19/h7-10,16,19-20H,6,11-15H2,1-5H3. The van der Waals surface area contributed by atoms with Crippen molar-refractivity contribution in [2.24, 2.45) is 5.41 Å². The van der Waals surface area contributed by atoms with E-state index in [1.54, 1.807) is 0 Å². The van der Waals surface area contributed by atoms with Crippen LogP contribution in [0.5, 0.6) is 5.75 Å². The molecule has 0 saturated carbocycles. The Bertz CT molecular complexity index is 469. The summed E-state index contributed by atoms with van der Waals surface area (Å²) in [6, 6.07) is 8.49. The molecule has 1 fully saturated rings. The van der Waals surface area contributed by atoms with Crippen molar-refractivity contribution in [3.63, 3.8) is 0 Å². The van der Waals surface area contributed by atoms with E-state index in [0.29, 0.717) is 5.92 Å². The zero-order chi connectivity index (χ0) is 17.6. The van der Waals surface area contributed by atoms with Crippen LogP contribution in [0.25, 0.3) is 0 Å². The second kappa shape index (κ2) is 8.87. The van der Waals surface area contributed by atoms with E-state index in [4.69, 9.17) is 14.2 Å². The summed E-state index contributed by atoms with van der Waals surface area (Å²) in [6.07, 6.45) is 3.97. The summed E-state index contributed by atoms with van der Waals surface area (Å²) in [5, 5.41) is 0. The van der Waals surface area contributed by atoms with Crippen molar-refractivity contribution in [3.05, 3.63) is 29.8 Å². The van der Waals surface area contributed by atoms with Gasteiger partial charge >= 0.3 is 0 Å². The van der Waals surface area contributed by atoms with Crippen molar-refractivity contribution < 1.29 is 14.2 Å². The Morgan fingerprint density at radius 3 is 2.29 bits per heavy atom. The van der Waals surface area contributed by atoms with Crippen molar-refractivity contribution in [1.29, 1.82) is 0 Å². The van der Waals surface area contributed by atoms with Crippen LogP contribution in [0.2, 0.25) is 0 Å². The van der Waals surface area contributed by atoms with Gasteiger partial charge in [0.15, 0.2) is 0 Å². The molecule has 0 radical (unpaired) electrons. The van der Waals surface area contributed by atoms with Gasteiger partial charge in [-0.15, -0.1) is 0 Å². The Balaban J connectivity index is 2.00. The molecule has 2 atom stereocenters. The van der Waals surface area contributed by atoms with Gasteiger partial charge in [0.1, 0.15) is 5.75 Å². The lowest BCUT2D eigenvalue weighted by molar-refractivity contribution is -0.155. The lowest BCUT2D eigenvalue weighted by atomic mass is 9.92. The van der Waals surface area contributed by atoms with Crippen LogP contribution in [0.4, 0.5) is 0 Å². The molecule has 3 nitrogen and oxygen atoms in total. The number of benzene rings is 1. The summed E-state index contributed by atoms with van der Waals surface area (Å²) in [5.74, 6) is 1.48. The van der Waals surface area contributed by atoms with Gasteiger partial charge in [-0.3, -0.25) is 0 Å². The maximum Gasteiger partial charge on any atom is 0.200 e. The molecule has 0 aromatic heterocycles. The zero-order valence-corrected chi connectivity index (χ0v) is 16.0. The van der Waals surface area contributed by atoms with Crippen molar-refractivity contribution in [2.75, 3.05) is 13.2 Å². The van der Waals surface area contributed by atoms with Crippen LogP contribution in [-0.2, 0) is 9.47 Å². The van der Waals surface area contributed by atoms with Gasteiger partial charge in [0.2, 0.25) is 6.29 Å². The smallest absolute Gasteiger partial charge is 0.200 e. The van der Waals surface area contributed by atoms with E-state index < -0.39 is 0 Å². The van der Waals surface area contributed by atoms with E-state index in [1.807, 2.05) is 0 Å². The molecule has 2 rings (SSSR count). The van der Waals surface area contributed by atoms with Crippen LogP contribution in [0.3, 0.4) is 0 Å². The SMILES string of the molecule is CCC(C)c1ccc(OC(CC(C)(C)C)OC2CCOCC2)cc1. The molecule has 1 aromatic carbocycles. The van der Waals surface area contributed by atoms with Crippen LogP contribution in [0, 0.1) is 5.41 Å². The van der Waals surface area contributed by atoms with Crippen LogP contribution < -0.4 is 4.74 Å². The van der Waals surface area contributed by atoms with Crippen LogP contribution in [0.1, 0.15) is 71.8 Å². The Kier molecular flexibility index (Phi) is 7.12. The molecule has 1 saturated heterocycles. The lowest BCUT2D eigenvalue weighted by Gasteiger charge is -2.31. The van der Waals surface area contributed by atoms with Crippen LogP contribution in [-0.4, -0.2) is 25.6 Å². The highest BCUT2D eigenvalue weighted by Gasteiger charge is 2.25. The first kappa shape index (κ1) is 19.3. The predicted octanol–water partition coefficient (Wildman–Crippen LogP) is 5.54. The van der Waals surface area contributed by atoms with Crippen LogP contribution in [0.15, 0.2) is 24.3 Å². The Morgan fingerprint density at radius 2 is 1.75 bits per heavy atom. The fourth-order valence-electron chi connectivity index (χ4n) is 2.91. The van der Waals surface area contributed by atoms with Gasteiger partial charge in [-0.05, 0) is 48.3 Å². The highest BCUT2D eigenvalue weighted by Crippen LogP contribution is 2.28. The minimum absolute atomic E-state index is 0.159. The molecule has 2 unspecified atom stereocenters. The van der Waals surface area contributed by atoms with E-state index in [-0.39, 0.29) is 17.8 Å². The molecule has 1 aliphatic rings. The molecule has 136 valence electrons. The first-order chi connectivity index (χ1) is 11.4. The third-order valence-corrected chi connectivity index (χ3v) is 4.62. The van der Waals surface area contributed by atoms with Gasteiger partial charge in [0.25, 0.3) is 0 Å². The summed E-state index contributed by atoms with van der Waals surface area (Å²) in [6.45, 7) is 12.7. The fraction of sp³-hybridized carbons (Fsp3) is 0.714. The first-order valence-corrected chi connectivity index (χ1v) is 9.37. The van der Waals surface area contributed by atoms with E-state index in [0.717, 1.165) is 44.6 Å². The predicted molar refractivity (Wildman–Crippen MR) is 98.6 cm³/mol. The van der Waals surface area contributed by atoms with E-state index in [2.05, 4.69) is 58.9 Å². The quantitative estimate of drug-likeness (QED) is 0.613. The highest BCUT2D eigenvalue weighted by atomic mass is 16.7. The second-order valence-electron chi connectivity index (χ2n) is 8.14. The van der Waals surface area contributed by atoms with Crippen LogP contribution >= 0.6 is 0 Å². The Hall–Kier alpha value is -1.06. The number of hydrogen-bond acceptors (Lipinski definition) is 3. The number of hydrogen-bond donors (Lipinski definition) is 0. The van der Waals surface area contributed by atoms with E-state index >= 15 is 0 Å². The highest BCUT2D eigenvalue weighted by molar-refractivity contribution is 5.29. The van der Waals surface area contributed by atoms with E-state index in [1.165, 1.54) is 5.56 Å². The van der Waals surface area contributed by atoms with E-state index in [9.17, 15) is 0 Å². The van der Waals surface area contributed by atoms with Gasteiger partial charge in [-0.1, -0.05) is 46.8 Å². The number of rotatable bonds is 7. The molecule has 0 spiro atoms. The molecule has 24 heavy (non-hydrogen) atoms. The Labute approximate surface area is 147 Å². The zero-order valence-electron chi connectivity index (χ0n) is 16.0. The van der Waals surface area contributed by atoms with Crippen molar-refractivity contribution >= 4 is 0 Å². The third-order valence-electron chi connectivity index (χ3n) is 4.62. The average Bonchev–Trinajstić information content (AvgIpc) is 2.54. The molecule has 0 bridgehead atoms. The normalized spacial score (nSPS) is 19.0. The van der Waals surface area contributed by atoms with Crippen molar-refractivity contribution in [2.45, 2.75) is 78.6 Å². The maximum atomic E-state index is 6.27. The molecule has 1 aromatic rings. The maximum absolute atomic E-state index is 6.27. The summed E-state index contributed by atoms with van der Waals surface area (Å²) in [4.78, 5) is 0. The lowest BCUT2D eigenvalue weighted by Crippen LogP contribution is -2.34. The molecule has 1 heterocycles.